The van der Waals surface area contributed by atoms with Crippen LogP contribution in [0, 0.1) is 0 Å². The Morgan fingerprint density at radius 3 is 2.42 bits per heavy atom. The minimum Gasteiger partial charge on any atom is -0.468 e. The molecule has 19 heavy (non-hydrogen) atoms. The van der Waals surface area contributed by atoms with E-state index in [-0.39, 0.29) is 6.04 Å². The number of furan rings is 2. The average molecular weight is 262 g/mol. The molecule has 4 heteroatoms. The Hall–Kier alpha value is -1.52. The van der Waals surface area contributed by atoms with Gasteiger partial charge in [0.05, 0.1) is 25.1 Å². The molecular weight excluding hydrogens is 240 g/mol. The van der Waals surface area contributed by atoms with E-state index in [2.05, 4.69) is 24.1 Å². The quantitative estimate of drug-likeness (QED) is 0.794. The van der Waals surface area contributed by atoms with Crippen LogP contribution in [-0.4, -0.2) is 24.5 Å². The van der Waals surface area contributed by atoms with Crippen molar-refractivity contribution in [2.75, 3.05) is 19.6 Å². The molecule has 104 valence electrons. The van der Waals surface area contributed by atoms with Gasteiger partial charge in [0, 0.05) is 6.54 Å². The van der Waals surface area contributed by atoms with E-state index in [0.717, 1.165) is 37.7 Å². The van der Waals surface area contributed by atoms with Crippen LogP contribution in [0.1, 0.15) is 31.4 Å². The Kier molecular flexibility index (Phi) is 5.24. The summed E-state index contributed by atoms with van der Waals surface area (Å²) < 4.78 is 10.9. The maximum absolute atomic E-state index is 5.56. The Morgan fingerprint density at radius 1 is 1.11 bits per heavy atom. The summed E-state index contributed by atoms with van der Waals surface area (Å²) in [7, 11) is 0. The lowest BCUT2D eigenvalue weighted by Crippen LogP contribution is -2.35. The summed E-state index contributed by atoms with van der Waals surface area (Å²) in [5.74, 6) is 1.97. The SMILES string of the molecule is CCN(CC)C(CNCc1ccco1)c1ccco1. The van der Waals surface area contributed by atoms with Crippen LogP contribution in [0.3, 0.4) is 0 Å². The topological polar surface area (TPSA) is 41.5 Å². The third-order valence-electron chi connectivity index (χ3n) is 3.34. The van der Waals surface area contributed by atoms with E-state index in [1.807, 2.05) is 24.3 Å². The molecule has 0 amide bonds. The van der Waals surface area contributed by atoms with Gasteiger partial charge in [-0.3, -0.25) is 4.90 Å². The van der Waals surface area contributed by atoms with Crippen LogP contribution in [0.25, 0.3) is 0 Å². The van der Waals surface area contributed by atoms with Crippen molar-refractivity contribution >= 4 is 0 Å². The molecular formula is C15H22N2O2. The lowest BCUT2D eigenvalue weighted by atomic mass is 10.2. The first kappa shape index (κ1) is 13.9. The van der Waals surface area contributed by atoms with Crippen LogP contribution < -0.4 is 5.32 Å². The van der Waals surface area contributed by atoms with Crippen molar-refractivity contribution in [1.82, 2.24) is 10.2 Å². The molecule has 0 spiro atoms. The van der Waals surface area contributed by atoms with Gasteiger partial charge in [-0.1, -0.05) is 13.8 Å². The van der Waals surface area contributed by atoms with Crippen LogP contribution in [0.15, 0.2) is 45.6 Å². The standard InChI is InChI=1S/C15H22N2O2/c1-3-17(4-2)14(15-8-6-10-19-15)12-16-11-13-7-5-9-18-13/h5-10,14,16H,3-4,11-12H2,1-2H3. The zero-order valence-corrected chi connectivity index (χ0v) is 11.6. The molecule has 0 radical (unpaired) electrons. The van der Waals surface area contributed by atoms with Gasteiger partial charge in [-0.15, -0.1) is 0 Å². The lowest BCUT2D eigenvalue weighted by molar-refractivity contribution is 0.187. The first-order valence-electron chi connectivity index (χ1n) is 6.85. The second kappa shape index (κ2) is 7.16. The van der Waals surface area contributed by atoms with Gasteiger partial charge >= 0.3 is 0 Å². The van der Waals surface area contributed by atoms with Crippen LogP contribution >= 0.6 is 0 Å². The highest BCUT2D eigenvalue weighted by Crippen LogP contribution is 2.20. The van der Waals surface area contributed by atoms with E-state index in [4.69, 9.17) is 8.83 Å². The highest BCUT2D eigenvalue weighted by atomic mass is 16.3. The molecule has 2 rings (SSSR count). The summed E-state index contributed by atoms with van der Waals surface area (Å²) >= 11 is 0. The molecule has 0 fully saturated rings. The minimum atomic E-state index is 0.264. The van der Waals surface area contributed by atoms with Crippen LogP contribution in [0.4, 0.5) is 0 Å². The summed E-state index contributed by atoms with van der Waals surface area (Å²) in [5, 5.41) is 3.43. The zero-order valence-electron chi connectivity index (χ0n) is 11.6. The summed E-state index contributed by atoms with van der Waals surface area (Å²) in [6.45, 7) is 7.94. The van der Waals surface area contributed by atoms with Crippen molar-refractivity contribution < 1.29 is 8.83 Å². The molecule has 0 bridgehead atoms. The molecule has 1 unspecified atom stereocenters. The second-order valence-electron chi connectivity index (χ2n) is 4.46. The van der Waals surface area contributed by atoms with Crippen molar-refractivity contribution in [2.24, 2.45) is 0 Å². The maximum Gasteiger partial charge on any atom is 0.122 e. The molecule has 0 saturated heterocycles. The van der Waals surface area contributed by atoms with Gasteiger partial charge in [0.1, 0.15) is 11.5 Å². The van der Waals surface area contributed by atoms with E-state index in [0.29, 0.717) is 0 Å². The van der Waals surface area contributed by atoms with E-state index in [9.17, 15) is 0 Å². The smallest absolute Gasteiger partial charge is 0.122 e. The number of hydrogen-bond acceptors (Lipinski definition) is 4. The first-order chi connectivity index (χ1) is 9.35. The summed E-state index contributed by atoms with van der Waals surface area (Å²) in [6.07, 6.45) is 3.43. The molecule has 0 aliphatic rings. The van der Waals surface area contributed by atoms with E-state index in [1.54, 1.807) is 12.5 Å². The predicted octanol–water partition coefficient (Wildman–Crippen LogP) is 3.05. The van der Waals surface area contributed by atoms with Crippen LogP contribution in [0.5, 0.6) is 0 Å². The largest absolute Gasteiger partial charge is 0.468 e. The van der Waals surface area contributed by atoms with Gasteiger partial charge in [-0.25, -0.2) is 0 Å². The number of hydrogen-bond donors (Lipinski definition) is 1. The number of likely N-dealkylation sites (N-methyl/N-ethyl adjacent to an activating group) is 1. The van der Waals surface area contributed by atoms with E-state index < -0.39 is 0 Å². The van der Waals surface area contributed by atoms with Crippen LogP contribution in [-0.2, 0) is 6.54 Å². The first-order valence-corrected chi connectivity index (χ1v) is 6.85. The molecule has 2 aromatic heterocycles. The molecule has 1 atom stereocenters. The normalized spacial score (nSPS) is 13.0. The molecule has 1 N–H and O–H groups in total. The van der Waals surface area contributed by atoms with Gasteiger partial charge in [0.25, 0.3) is 0 Å². The minimum absolute atomic E-state index is 0.264. The van der Waals surface area contributed by atoms with Crippen molar-refractivity contribution in [2.45, 2.75) is 26.4 Å². The number of nitrogens with one attached hydrogen (secondary N) is 1. The van der Waals surface area contributed by atoms with E-state index >= 15 is 0 Å². The maximum atomic E-state index is 5.56. The molecule has 0 aliphatic heterocycles. The molecule has 0 aliphatic carbocycles. The highest BCUT2D eigenvalue weighted by Gasteiger charge is 2.19. The molecule has 0 aromatic carbocycles. The van der Waals surface area contributed by atoms with Gasteiger partial charge in [-0.2, -0.15) is 0 Å². The molecule has 2 heterocycles. The number of nitrogens with zero attached hydrogens (tertiary/aromatic N) is 1. The third kappa shape index (κ3) is 3.72. The van der Waals surface area contributed by atoms with Gasteiger partial charge < -0.3 is 14.2 Å². The van der Waals surface area contributed by atoms with Crippen molar-refractivity contribution in [3.63, 3.8) is 0 Å². The fraction of sp³-hybridized carbons (Fsp3) is 0.467. The van der Waals surface area contributed by atoms with Crippen molar-refractivity contribution in [3.8, 4) is 0 Å². The monoisotopic (exact) mass is 262 g/mol. The predicted molar refractivity (Wildman–Crippen MR) is 74.8 cm³/mol. The van der Waals surface area contributed by atoms with Crippen LogP contribution in [0.2, 0.25) is 0 Å². The fourth-order valence-corrected chi connectivity index (χ4v) is 2.30. The highest BCUT2D eigenvalue weighted by molar-refractivity contribution is 5.06. The summed E-state index contributed by atoms with van der Waals surface area (Å²) in [4.78, 5) is 2.38. The zero-order chi connectivity index (χ0) is 13.5. The second-order valence-corrected chi connectivity index (χ2v) is 4.46. The molecule has 4 nitrogen and oxygen atoms in total. The van der Waals surface area contributed by atoms with Gasteiger partial charge in [0.2, 0.25) is 0 Å². The Morgan fingerprint density at radius 2 is 1.84 bits per heavy atom. The molecule has 2 aromatic rings. The molecule has 0 saturated carbocycles. The van der Waals surface area contributed by atoms with Gasteiger partial charge in [0.15, 0.2) is 0 Å². The average Bonchev–Trinajstić information content (AvgIpc) is 3.11. The summed E-state index contributed by atoms with van der Waals surface area (Å²) in [6, 6.07) is 8.13. The number of rotatable bonds is 8. The lowest BCUT2D eigenvalue weighted by Gasteiger charge is -2.28. The Bertz CT molecular complexity index is 433. The van der Waals surface area contributed by atoms with E-state index in [1.165, 1.54) is 0 Å². The summed E-state index contributed by atoms with van der Waals surface area (Å²) in [5.41, 5.74) is 0. The third-order valence-corrected chi connectivity index (χ3v) is 3.34. The fourth-order valence-electron chi connectivity index (χ4n) is 2.30. The van der Waals surface area contributed by atoms with Crippen molar-refractivity contribution in [3.05, 3.63) is 48.3 Å². The Labute approximate surface area is 114 Å². The Balaban J connectivity index is 1.94. The van der Waals surface area contributed by atoms with Gasteiger partial charge in [-0.05, 0) is 37.4 Å². The van der Waals surface area contributed by atoms with Crippen molar-refractivity contribution in [1.29, 1.82) is 0 Å².